The van der Waals surface area contributed by atoms with Gasteiger partial charge in [-0.1, -0.05) is 83.4 Å². The van der Waals surface area contributed by atoms with Crippen LogP contribution >= 0.6 is 15.9 Å². The lowest BCUT2D eigenvalue weighted by Gasteiger charge is -2.32. The van der Waals surface area contributed by atoms with Crippen molar-refractivity contribution in [2.24, 2.45) is 0 Å². The van der Waals surface area contributed by atoms with Gasteiger partial charge in [-0.05, 0) is 62.6 Å². The van der Waals surface area contributed by atoms with Gasteiger partial charge >= 0.3 is 0 Å². The van der Waals surface area contributed by atoms with Gasteiger partial charge in [-0.25, -0.2) is 8.42 Å². The average molecular weight is 615 g/mol. The van der Waals surface area contributed by atoms with Gasteiger partial charge in [0.1, 0.15) is 12.6 Å². The first-order valence-electron chi connectivity index (χ1n) is 13.1. The number of hydrogen-bond donors (Lipinski definition) is 1. The Morgan fingerprint density at radius 3 is 2.31 bits per heavy atom. The maximum Gasteiger partial charge on any atom is 0.264 e. The fourth-order valence-corrected chi connectivity index (χ4v) is 5.90. The predicted octanol–water partition coefficient (Wildman–Crippen LogP) is 5.33. The minimum atomic E-state index is -4.08. The van der Waals surface area contributed by atoms with Crippen molar-refractivity contribution >= 4 is 43.5 Å². The molecule has 1 atom stereocenters. The zero-order chi connectivity index (χ0) is 28.4. The molecule has 39 heavy (non-hydrogen) atoms. The van der Waals surface area contributed by atoms with Crippen LogP contribution in [0.1, 0.15) is 37.8 Å². The van der Waals surface area contributed by atoms with Gasteiger partial charge < -0.3 is 10.2 Å². The lowest BCUT2D eigenvalue weighted by Crippen LogP contribution is -2.52. The maximum atomic E-state index is 13.9. The zero-order valence-corrected chi connectivity index (χ0v) is 25.0. The van der Waals surface area contributed by atoms with Crippen LogP contribution < -0.4 is 9.62 Å². The molecule has 0 aliphatic rings. The number of anilines is 1. The Bertz CT molecular complexity index is 1350. The summed E-state index contributed by atoms with van der Waals surface area (Å²) < 4.78 is 29.5. The van der Waals surface area contributed by atoms with Crippen LogP contribution in [0.15, 0.2) is 88.2 Å². The van der Waals surface area contributed by atoms with Crippen molar-refractivity contribution in [2.45, 2.75) is 51.0 Å². The third-order valence-electron chi connectivity index (χ3n) is 6.47. The highest BCUT2D eigenvalue weighted by Crippen LogP contribution is 2.27. The van der Waals surface area contributed by atoms with E-state index in [0.717, 1.165) is 28.3 Å². The molecule has 0 aliphatic carbocycles. The van der Waals surface area contributed by atoms with Crippen molar-refractivity contribution in [3.8, 4) is 0 Å². The Morgan fingerprint density at radius 1 is 0.974 bits per heavy atom. The SMILES string of the molecule is CCCCNC(=O)[C@H](C)N(CCc1ccccc1)C(=O)CN(c1cccc(Br)c1)S(=O)(=O)c1ccc(C)cc1. The Labute approximate surface area is 240 Å². The number of sulfonamides is 1. The first-order chi connectivity index (χ1) is 18.6. The van der Waals surface area contributed by atoms with E-state index in [9.17, 15) is 18.0 Å². The minimum Gasteiger partial charge on any atom is -0.354 e. The number of aryl methyl sites for hydroxylation is 1. The van der Waals surface area contributed by atoms with Crippen LogP contribution in [-0.4, -0.2) is 50.8 Å². The van der Waals surface area contributed by atoms with Crippen molar-refractivity contribution < 1.29 is 18.0 Å². The quantitative estimate of drug-likeness (QED) is 0.264. The van der Waals surface area contributed by atoms with Crippen LogP contribution in [0.3, 0.4) is 0 Å². The third kappa shape index (κ3) is 8.41. The highest BCUT2D eigenvalue weighted by Gasteiger charge is 2.32. The van der Waals surface area contributed by atoms with Gasteiger partial charge in [0.05, 0.1) is 10.6 Å². The van der Waals surface area contributed by atoms with E-state index >= 15 is 0 Å². The summed E-state index contributed by atoms with van der Waals surface area (Å²) in [5.74, 6) is -0.722. The number of nitrogens with one attached hydrogen (secondary N) is 1. The van der Waals surface area contributed by atoms with Crippen LogP contribution in [0.25, 0.3) is 0 Å². The molecule has 3 aromatic rings. The van der Waals surface area contributed by atoms with Gasteiger partial charge in [-0.15, -0.1) is 0 Å². The molecule has 7 nitrogen and oxygen atoms in total. The number of amides is 2. The Balaban J connectivity index is 1.95. The molecule has 0 bridgehead atoms. The van der Waals surface area contributed by atoms with Gasteiger partial charge in [0.15, 0.2) is 0 Å². The van der Waals surface area contributed by atoms with E-state index < -0.39 is 28.5 Å². The van der Waals surface area contributed by atoms with Gasteiger partial charge in [0, 0.05) is 17.6 Å². The first kappa shape index (κ1) is 30.4. The molecule has 0 saturated carbocycles. The molecular formula is C30H36BrN3O4S. The molecule has 0 saturated heterocycles. The second kappa shape index (κ2) is 14.3. The molecule has 0 heterocycles. The largest absolute Gasteiger partial charge is 0.354 e. The summed E-state index contributed by atoms with van der Waals surface area (Å²) in [6.07, 6.45) is 2.30. The summed E-state index contributed by atoms with van der Waals surface area (Å²) in [5.41, 5.74) is 2.29. The van der Waals surface area contributed by atoms with Crippen molar-refractivity contribution in [1.29, 1.82) is 0 Å². The van der Waals surface area contributed by atoms with E-state index in [4.69, 9.17) is 0 Å². The topological polar surface area (TPSA) is 86.8 Å². The number of rotatable bonds is 13. The van der Waals surface area contributed by atoms with Crippen LogP contribution in [0.4, 0.5) is 5.69 Å². The monoisotopic (exact) mass is 613 g/mol. The Kier molecular flexibility index (Phi) is 11.1. The standard InChI is InChI=1S/C30H36BrN3O4S/c1-4-5-19-32-30(36)24(3)33(20-18-25-10-7-6-8-11-25)29(35)22-34(27-13-9-12-26(31)21-27)39(37,38)28-16-14-23(2)15-17-28/h6-17,21,24H,4-5,18-20,22H2,1-3H3,(H,32,36)/t24-/m0/s1. The molecule has 9 heteroatoms. The molecule has 208 valence electrons. The second-order valence-electron chi connectivity index (χ2n) is 9.45. The van der Waals surface area contributed by atoms with Gasteiger partial charge in [0.2, 0.25) is 11.8 Å². The van der Waals surface area contributed by atoms with Gasteiger partial charge in [-0.2, -0.15) is 0 Å². The zero-order valence-electron chi connectivity index (χ0n) is 22.6. The number of carbonyl (C=O) groups is 2. The van der Waals surface area contributed by atoms with E-state index in [0.29, 0.717) is 23.1 Å². The molecule has 3 rings (SSSR count). The fourth-order valence-electron chi connectivity index (χ4n) is 4.10. The van der Waals surface area contributed by atoms with Crippen molar-refractivity contribution in [2.75, 3.05) is 23.9 Å². The summed E-state index contributed by atoms with van der Waals surface area (Å²) in [7, 11) is -4.08. The molecule has 1 N–H and O–H groups in total. The number of hydrogen-bond acceptors (Lipinski definition) is 4. The third-order valence-corrected chi connectivity index (χ3v) is 8.75. The second-order valence-corrected chi connectivity index (χ2v) is 12.2. The Hall–Kier alpha value is -3.17. The lowest BCUT2D eigenvalue weighted by atomic mass is 10.1. The molecule has 0 aliphatic heterocycles. The predicted molar refractivity (Wildman–Crippen MR) is 159 cm³/mol. The molecular weight excluding hydrogens is 578 g/mol. The lowest BCUT2D eigenvalue weighted by molar-refractivity contribution is -0.138. The van der Waals surface area contributed by atoms with Gasteiger partial charge in [-0.3, -0.25) is 13.9 Å². The summed E-state index contributed by atoms with van der Waals surface area (Å²) in [6.45, 7) is 5.93. The van der Waals surface area contributed by atoms with Crippen LogP contribution in [0.5, 0.6) is 0 Å². The van der Waals surface area contributed by atoms with E-state index in [1.807, 2.05) is 44.2 Å². The van der Waals surface area contributed by atoms with Crippen molar-refractivity contribution in [3.63, 3.8) is 0 Å². The van der Waals surface area contributed by atoms with E-state index in [1.165, 1.54) is 17.0 Å². The summed E-state index contributed by atoms with van der Waals surface area (Å²) in [4.78, 5) is 28.4. The molecule has 0 fully saturated rings. The minimum absolute atomic E-state index is 0.0852. The number of nitrogens with zero attached hydrogens (tertiary/aromatic N) is 2. The average Bonchev–Trinajstić information content (AvgIpc) is 2.92. The van der Waals surface area contributed by atoms with Crippen LogP contribution in [-0.2, 0) is 26.0 Å². The van der Waals surface area contributed by atoms with Crippen LogP contribution in [0, 0.1) is 6.92 Å². The van der Waals surface area contributed by atoms with E-state index in [2.05, 4.69) is 21.2 Å². The molecule has 0 radical (unpaired) electrons. The molecule has 2 amide bonds. The van der Waals surface area contributed by atoms with Gasteiger partial charge in [0.25, 0.3) is 10.0 Å². The normalized spacial score (nSPS) is 12.0. The number of unbranched alkanes of at least 4 members (excludes halogenated alkanes) is 1. The van der Waals surface area contributed by atoms with Crippen LogP contribution in [0.2, 0.25) is 0 Å². The highest BCUT2D eigenvalue weighted by molar-refractivity contribution is 9.10. The molecule has 3 aromatic carbocycles. The number of benzene rings is 3. The summed E-state index contributed by atoms with van der Waals surface area (Å²) in [6, 6.07) is 22.3. The van der Waals surface area contributed by atoms with Crippen molar-refractivity contribution in [3.05, 3.63) is 94.5 Å². The fraction of sp³-hybridized carbons (Fsp3) is 0.333. The number of halogens is 1. The summed E-state index contributed by atoms with van der Waals surface area (Å²) in [5, 5.41) is 2.90. The smallest absolute Gasteiger partial charge is 0.264 e. The first-order valence-corrected chi connectivity index (χ1v) is 15.3. The Morgan fingerprint density at radius 2 is 1.67 bits per heavy atom. The molecule has 0 aromatic heterocycles. The van der Waals surface area contributed by atoms with Crippen molar-refractivity contribution in [1.82, 2.24) is 10.2 Å². The number of carbonyl (C=O) groups excluding carboxylic acids is 2. The highest BCUT2D eigenvalue weighted by atomic mass is 79.9. The molecule has 0 spiro atoms. The van der Waals surface area contributed by atoms with E-state index in [1.54, 1.807) is 43.3 Å². The maximum absolute atomic E-state index is 13.9. The summed E-state index contributed by atoms with van der Waals surface area (Å²) >= 11 is 3.41. The molecule has 0 unspecified atom stereocenters. The van der Waals surface area contributed by atoms with E-state index in [-0.39, 0.29) is 17.3 Å².